The van der Waals surface area contributed by atoms with Crippen LogP contribution in [0.5, 0.6) is 0 Å². The predicted octanol–water partition coefficient (Wildman–Crippen LogP) is 1.53. The molecule has 1 aliphatic heterocycles. The van der Waals surface area contributed by atoms with Crippen molar-refractivity contribution >= 4 is 15.8 Å². The van der Waals surface area contributed by atoms with Crippen molar-refractivity contribution in [1.82, 2.24) is 9.55 Å². The molecular weight excluding hydrogens is 250 g/mol. The van der Waals surface area contributed by atoms with E-state index < -0.39 is 9.84 Å². The van der Waals surface area contributed by atoms with Crippen molar-refractivity contribution in [3.8, 4) is 0 Å². The first-order valence-electron chi connectivity index (χ1n) is 6.29. The van der Waals surface area contributed by atoms with E-state index in [1.807, 2.05) is 17.7 Å². The van der Waals surface area contributed by atoms with Gasteiger partial charge < -0.3 is 9.88 Å². The Hall–Kier alpha value is -1.04. The van der Waals surface area contributed by atoms with Crippen LogP contribution >= 0.6 is 0 Å². The standard InChI is InChI=1S/C12H21N3O2S/c1-10(2)8-15-6-5-13-11(15)14-12(3)4-7-18(16,17)9-12/h5-6,10H,4,7-9H2,1-3H3,(H,13,14). The SMILES string of the molecule is CC(C)Cn1ccnc1NC1(C)CCS(=O)(=O)C1. The van der Waals surface area contributed by atoms with Crippen molar-refractivity contribution in [3.63, 3.8) is 0 Å². The van der Waals surface area contributed by atoms with Gasteiger partial charge in [-0.2, -0.15) is 0 Å². The van der Waals surface area contributed by atoms with Gasteiger partial charge in [0, 0.05) is 18.9 Å². The summed E-state index contributed by atoms with van der Waals surface area (Å²) in [6.45, 7) is 7.12. The Morgan fingerprint density at radius 1 is 1.56 bits per heavy atom. The van der Waals surface area contributed by atoms with Crippen LogP contribution in [0.2, 0.25) is 0 Å². The van der Waals surface area contributed by atoms with Gasteiger partial charge in [-0.25, -0.2) is 13.4 Å². The fourth-order valence-corrected chi connectivity index (χ4v) is 4.45. The van der Waals surface area contributed by atoms with Gasteiger partial charge in [-0.05, 0) is 19.3 Å². The van der Waals surface area contributed by atoms with Gasteiger partial charge >= 0.3 is 0 Å². The van der Waals surface area contributed by atoms with Gasteiger partial charge in [0.1, 0.15) is 0 Å². The Kier molecular flexibility index (Phi) is 3.40. The molecule has 1 saturated heterocycles. The molecule has 1 fully saturated rings. The molecule has 2 rings (SSSR count). The number of hydrogen-bond acceptors (Lipinski definition) is 4. The Labute approximate surface area is 109 Å². The molecular formula is C12H21N3O2S. The van der Waals surface area contributed by atoms with E-state index in [0.717, 1.165) is 12.5 Å². The summed E-state index contributed by atoms with van der Waals surface area (Å²) in [5, 5.41) is 3.30. The lowest BCUT2D eigenvalue weighted by molar-refractivity contribution is 0.511. The number of anilines is 1. The molecule has 18 heavy (non-hydrogen) atoms. The van der Waals surface area contributed by atoms with Crippen molar-refractivity contribution in [2.75, 3.05) is 16.8 Å². The van der Waals surface area contributed by atoms with Gasteiger partial charge in [0.2, 0.25) is 5.95 Å². The smallest absolute Gasteiger partial charge is 0.203 e. The van der Waals surface area contributed by atoms with Crippen LogP contribution in [0, 0.1) is 5.92 Å². The minimum atomic E-state index is -2.89. The lowest BCUT2D eigenvalue weighted by atomic mass is 10.0. The molecule has 0 spiro atoms. The number of imidazole rings is 1. The van der Waals surface area contributed by atoms with Gasteiger partial charge in [-0.3, -0.25) is 0 Å². The lowest BCUT2D eigenvalue weighted by Crippen LogP contribution is -2.37. The van der Waals surface area contributed by atoms with Gasteiger partial charge in [-0.15, -0.1) is 0 Å². The summed E-state index contributed by atoms with van der Waals surface area (Å²) in [4.78, 5) is 4.28. The van der Waals surface area contributed by atoms with E-state index in [0.29, 0.717) is 12.3 Å². The molecule has 0 bridgehead atoms. The highest BCUT2D eigenvalue weighted by molar-refractivity contribution is 7.91. The second-order valence-electron chi connectivity index (χ2n) is 5.82. The fourth-order valence-electron chi connectivity index (χ4n) is 2.35. The maximum absolute atomic E-state index is 11.6. The average Bonchev–Trinajstić information content (AvgIpc) is 2.72. The van der Waals surface area contributed by atoms with Crippen LogP contribution < -0.4 is 5.32 Å². The van der Waals surface area contributed by atoms with Crippen LogP contribution in [-0.4, -0.2) is 35.0 Å². The molecule has 102 valence electrons. The molecule has 0 saturated carbocycles. The maximum Gasteiger partial charge on any atom is 0.203 e. The van der Waals surface area contributed by atoms with E-state index in [4.69, 9.17) is 0 Å². The van der Waals surface area contributed by atoms with Crippen LogP contribution in [-0.2, 0) is 16.4 Å². The molecule has 1 aliphatic rings. The predicted molar refractivity (Wildman–Crippen MR) is 72.4 cm³/mol. The molecule has 1 aromatic rings. The molecule has 1 atom stereocenters. The number of rotatable bonds is 4. The quantitative estimate of drug-likeness (QED) is 0.902. The molecule has 0 radical (unpaired) electrons. The fraction of sp³-hybridized carbons (Fsp3) is 0.750. The zero-order chi connectivity index (χ0) is 13.4. The van der Waals surface area contributed by atoms with Crippen LogP contribution in [0.4, 0.5) is 5.95 Å². The van der Waals surface area contributed by atoms with E-state index in [1.165, 1.54) is 0 Å². The Bertz CT molecular complexity index is 521. The number of sulfone groups is 1. The molecule has 0 aromatic carbocycles. The monoisotopic (exact) mass is 271 g/mol. The normalized spacial score (nSPS) is 26.7. The van der Waals surface area contributed by atoms with Crippen molar-refractivity contribution < 1.29 is 8.42 Å². The average molecular weight is 271 g/mol. The van der Waals surface area contributed by atoms with E-state index in [-0.39, 0.29) is 17.0 Å². The first-order chi connectivity index (χ1) is 8.30. The van der Waals surface area contributed by atoms with Crippen LogP contribution in [0.25, 0.3) is 0 Å². The topological polar surface area (TPSA) is 64.0 Å². The van der Waals surface area contributed by atoms with E-state index in [2.05, 4.69) is 24.1 Å². The highest BCUT2D eigenvalue weighted by atomic mass is 32.2. The molecule has 6 heteroatoms. The Morgan fingerprint density at radius 3 is 2.83 bits per heavy atom. The summed E-state index contributed by atoms with van der Waals surface area (Å²) < 4.78 is 25.2. The molecule has 1 N–H and O–H groups in total. The summed E-state index contributed by atoms with van der Waals surface area (Å²) in [6.07, 6.45) is 4.32. The van der Waals surface area contributed by atoms with E-state index in [9.17, 15) is 8.42 Å². The summed E-state index contributed by atoms with van der Waals surface area (Å²) >= 11 is 0. The summed E-state index contributed by atoms with van der Waals surface area (Å²) in [6, 6.07) is 0. The van der Waals surface area contributed by atoms with E-state index in [1.54, 1.807) is 6.20 Å². The number of hydrogen-bond donors (Lipinski definition) is 1. The molecule has 0 amide bonds. The van der Waals surface area contributed by atoms with Crippen LogP contribution in [0.3, 0.4) is 0 Å². The lowest BCUT2D eigenvalue weighted by Gasteiger charge is -2.25. The molecule has 0 aliphatic carbocycles. The van der Waals surface area contributed by atoms with Gasteiger partial charge in [-0.1, -0.05) is 13.8 Å². The van der Waals surface area contributed by atoms with Crippen molar-refractivity contribution in [2.45, 2.75) is 39.3 Å². The third-order valence-electron chi connectivity index (χ3n) is 3.19. The van der Waals surface area contributed by atoms with Gasteiger partial charge in [0.05, 0.1) is 17.0 Å². The maximum atomic E-state index is 11.6. The second kappa shape index (κ2) is 4.57. The first kappa shape index (κ1) is 13.4. The van der Waals surface area contributed by atoms with Crippen molar-refractivity contribution in [2.24, 2.45) is 5.92 Å². The third kappa shape index (κ3) is 3.04. The molecule has 1 aromatic heterocycles. The molecule has 5 nitrogen and oxygen atoms in total. The minimum absolute atomic E-state index is 0.189. The second-order valence-corrected chi connectivity index (χ2v) is 8.01. The number of nitrogens with zero attached hydrogens (tertiary/aromatic N) is 2. The summed E-state index contributed by atoms with van der Waals surface area (Å²) in [5.74, 6) is 1.75. The minimum Gasteiger partial charge on any atom is -0.349 e. The van der Waals surface area contributed by atoms with Crippen molar-refractivity contribution in [1.29, 1.82) is 0 Å². The summed E-state index contributed by atoms with van der Waals surface area (Å²) in [7, 11) is -2.89. The Balaban J connectivity index is 2.13. The zero-order valence-electron chi connectivity index (χ0n) is 11.2. The highest BCUT2D eigenvalue weighted by Gasteiger charge is 2.39. The molecule has 1 unspecified atom stereocenters. The summed E-state index contributed by atoms with van der Waals surface area (Å²) in [5.41, 5.74) is -0.390. The van der Waals surface area contributed by atoms with Crippen molar-refractivity contribution in [3.05, 3.63) is 12.4 Å². The van der Waals surface area contributed by atoms with E-state index >= 15 is 0 Å². The third-order valence-corrected chi connectivity index (χ3v) is 5.10. The zero-order valence-corrected chi connectivity index (χ0v) is 12.0. The van der Waals surface area contributed by atoms with Crippen LogP contribution in [0.15, 0.2) is 12.4 Å². The highest BCUT2D eigenvalue weighted by Crippen LogP contribution is 2.27. The largest absolute Gasteiger partial charge is 0.349 e. The Morgan fingerprint density at radius 2 is 2.28 bits per heavy atom. The van der Waals surface area contributed by atoms with Crippen LogP contribution in [0.1, 0.15) is 27.2 Å². The van der Waals surface area contributed by atoms with Gasteiger partial charge in [0.25, 0.3) is 0 Å². The number of nitrogens with one attached hydrogen (secondary N) is 1. The number of aromatic nitrogens is 2. The first-order valence-corrected chi connectivity index (χ1v) is 8.12. The molecule has 2 heterocycles. The van der Waals surface area contributed by atoms with Gasteiger partial charge in [0.15, 0.2) is 9.84 Å².